The van der Waals surface area contributed by atoms with Gasteiger partial charge in [-0.3, -0.25) is 9.59 Å². The van der Waals surface area contributed by atoms with E-state index in [4.69, 9.17) is 0 Å². The van der Waals surface area contributed by atoms with Gasteiger partial charge in [-0.1, -0.05) is 24.3 Å². The summed E-state index contributed by atoms with van der Waals surface area (Å²) in [5.41, 5.74) is 3.61. The van der Waals surface area contributed by atoms with Crippen LogP contribution in [0.25, 0.3) is 20.8 Å². The fraction of sp³-hybridized carbons (Fsp3) is 0.211. The van der Waals surface area contributed by atoms with Gasteiger partial charge in [0.05, 0.1) is 16.1 Å². The highest BCUT2D eigenvalue weighted by Gasteiger charge is 2.35. The van der Waals surface area contributed by atoms with Crippen molar-refractivity contribution in [3.05, 3.63) is 48.0 Å². The topological polar surface area (TPSA) is 70.5 Å². The van der Waals surface area contributed by atoms with Gasteiger partial charge in [-0.05, 0) is 30.7 Å². The van der Waals surface area contributed by atoms with Gasteiger partial charge < -0.3 is 10.0 Å². The molecule has 0 aliphatic carbocycles. The van der Waals surface area contributed by atoms with E-state index in [2.05, 4.69) is 4.98 Å². The van der Waals surface area contributed by atoms with Crippen molar-refractivity contribution in [2.24, 2.45) is 5.92 Å². The zero-order chi connectivity index (χ0) is 17.6. The second-order valence-electron chi connectivity index (χ2n) is 6.23. The van der Waals surface area contributed by atoms with Gasteiger partial charge in [-0.2, -0.15) is 0 Å². The summed E-state index contributed by atoms with van der Waals surface area (Å²) >= 11 is 1.61. The Labute approximate surface area is 148 Å². The highest BCUT2D eigenvalue weighted by molar-refractivity contribution is 7.21. The number of carboxylic acids is 1. The van der Waals surface area contributed by atoms with E-state index in [0.29, 0.717) is 0 Å². The van der Waals surface area contributed by atoms with Gasteiger partial charge in [0.2, 0.25) is 5.91 Å². The molecule has 126 valence electrons. The van der Waals surface area contributed by atoms with Crippen LogP contribution in [0.5, 0.6) is 0 Å². The third-order valence-electron chi connectivity index (χ3n) is 4.52. The molecular weight excluding hydrogens is 336 g/mol. The first-order valence-electron chi connectivity index (χ1n) is 8.02. The second kappa shape index (κ2) is 5.97. The highest BCUT2D eigenvalue weighted by Crippen LogP contribution is 2.35. The van der Waals surface area contributed by atoms with Crippen LogP contribution in [0.1, 0.15) is 12.0 Å². The number of aryl methyl sites for hydroxylation is 1. The molecule has 4 rings (SSSR count). The summed E-state index contributed by atoms with van der Waals surface area (Å²) in [6.45, 7) is 2.15. The van der Waals surface area contributed by atoms with Gasteiger partial charge in [0.25, 0.3) is 0 Å². The minimum Gasteiger partial charge on any atom is -0.481 e. The Morgan fingerprint density at radius 1 is 1.28 bits per heavy atom. The summed E-state index contributed by atoms with van der Waals surface area (Å²) in [5, 5.41) is 10.1. The average molecular weight is 352 g/mol. The number of aromatic nitrogens is 1. The monoisotopic (exact) mass is 352 g/mol. The number of carbonyl (C=O) groups is 2. The Balaban J connectivity index is 1.74. The number of carboxylic acid groups (broad SMARTS) is 1. The lowest BCUT2D eigenvalue weighted by Gasteiger charge is -2.19. The number of fused-ring (bicyclic) bond motifs is 1. The van der Waals surface area contributed by atoms with Crippen molar-refractivity contribution in [1.82, 2.24) is 4.98 Å². The molecule has 25 heavy (non-hydrogen) atoms. The molecular formula is C19H16N2O3S. The lowest BCUT2D eigenvalue weighted by atomic mass is 10.1. The van der Waals surface area contributed by atoms with Gasteiger partial charge >= 0.3 is 5.97 Å². The van der Waals surface area contributed by atoms with Gasteiger partial charge in [0, 0.05) is 24.2 Å². The SMILES string of the molecule is Cc1ccc(-c2nc3ccccc3s2)cc1N1C[C@@H](C(=O)O)CC1=O. The van der Waals surface area contributed by atoms with Gasteiger partial charge in [0.15, 0.2) is 0 Å². The summed E-state index contributed by atoms with van der Waals surface area (Å²) < 4.78 is 1.11. The molecule has 0 bridgehead atoms. The van der Waals surface area contributed by atoms with Crippen LogP contribution in [0.2, 0.25) is 0 Å². The predicted octanol–water partition coefficient (Wildman–Crippen LogP) is 3.71. The molecule has 2 aromatic carbocycles. The van der Waals surface area contributed by atoms with E-state index >= 15 is 0 Å². The van der Waals surface area contributed by atoms with E-state index in [-0.39, 0.29) is 18.9 Å². The van der Waals surface area contributed by atoms with Crippen molar-refractivity contribution >= 4 is 39.1 Å². The Morgan fingerprint density at radius 3 is 2.80 bits per heavy atom. The Kier molecular flexibility index (Phi) is 3.77. The van der Waals surface area contributed by atoms with Crippen LogP contribution in [0, 0.1) is 12.8 Å². The third kappa shape index (κ3) is 2.78. The molecule has 3 aromatic rings. The molecule has 1 saturated heterocycles. The minimum atomic E-state index is -0.921. The van der Waals surface area contributed by atoms with Crippen molar-refractivity contribution < 1.29 is 14.7 Å². The van der Waals surface area contributed by atoms with E-state index in [1.54, 1.807) is 16.2 Å². The maximum Gasteiger partial charge on any atom is 0.308 e. The van der Waals surface area contributed by atoms with Crippen LogP contribution in [0.3, 0.4) is 0 Å². The number of anilines is 1. The van der Waals surface area contributed by atoms with Crippen LogP contribution < -0.4 is 4.90 Å². The number of aliphatic carboxylic acids is 1. The molecule has 1 atom stereocenters. The largest absolute Gasteiger partial charge is 0.481 e. The number of hydrogen-bond donors (Lipinski definition) is 1. The molecule has 0 unspecified atom stereocenters. The highest BCUT2D eigenvalue weighted by atomic mass is 32.1. The number of amides is 1. The summed E-state index contributed by atoms with van der Waals surface area (Å²) in [7, 11) is 0. The zero-order valence-corrected chi connectivity index (χ0v) is 14.4. The van der Waals surface area contributed by atoms with E-state index in [9.17, 15) is 14.7 Å². The molecule has 1 aliphatic rings. The minimum absolute atomic E-state index is 0.0557. The van der Waals surface area contributed by atoms with Crippen molar-refractivity contribution in [1.29, 1.82) is 0 Å². The molecule has 2 heterocycles. The molecule has 1 aromatic heterocycles. The maximum absolute atomic E-state index is 12.3. The molecule has 5 nitrogen and oxygen atoms in total. The zero-order valence-electron chi connectivity index (χ0n) is 13.6. The summed E-state index contributed by atoms with van der Waals surface area (Å²) in [6, 6.07) is 13.8. The molecule has 1 aliphatic heterocycles. The molecule has 1 amide bonds. The van der Waals surface area contributed by atoms with Crippen molar-refractivity contribution in [3.8, 4) is 10.6 Å². The number of benzene rings is 2. The van der Waals surface area contributed by atoms with E-state index in [1.807, 2.05) is 49.4 Å². The molecule has 1 N–H and O–H groups in total. The van der Waals surface area contributed by atoms with Crippen molar-refractivity contribution in [2.75, 3.05) is 11.4 Å². The van der Waals surface area contributed by atoms with Gasteiger partial charge in [-0.15, -0.1) is 11.3 Å². The van der Waals surface area contributed by atoms with Crippen molar-refractivity contribution in [2.45, 2.75) is 13.3 Å². The maximum atomic E-state index is 12.3. The number of nitrogens with zero attached hydrogens (tertiary/aromatic N) is 2. The number of carbonyl (C=O) groups excluding carboxylic acids is 1. The van der Waals surface area contributed by atoms with Crippen LogP contribution in [0.15, 0.2) is 42.5 Å². The first-order valence-corrected chi connectivity index (χ1v) is 8.84. The van der Waals surface area contributed by atoms with Crippen LogP contribution >= 0.6 is 11.3 Å². The first kappa shape index (κ1) is 15.8. The normalized spacial score (nSPS) is 17.4. The van der Waals surface area contributed by atoms with Crippen LogP contribution in [-0.4, -0.2) is 28.5 Å². The van der Waals surface area contributed by atoms with Crippen molar-refractivity contribution in [3.63, 3.8) is 0 Å². The Hall–Kier alpha value is -2.73. The summed E-state index contributed by atoms with van der Waals surface area (Å²) in [5.74, 6) is -1.70. The standard InChI is InChI=1S/C19H16N2O3S/c1-11-6-7-12(18-20-14-4-2-3-5-16(14)25-18)8-15(11)21-10-13(19(23)24)9-17(21)22/h2-8,13H,9-10H2,1H3,(H,23,24)/t13-/m0/s1. The third-order valence-corrected chi connectivity index (χ3v) is 5.60. The molecule has 1 fully saturated rings. The number of rotatable bonds is 3. The molecule has 0 spiro atoms. The fourth-order valence-corrected chi connectivity index (χ4v) is 4.10. The smallest absolute Gasteiger partial charge is 0.308 e. The number of para-hydroxylation sites is 1. The quantitative estimate of drug-likeness (QED) is 0.780. The second-order valence-corrected chi connectivity index (χ2v) is 7.26. The summed E-state index contributed by atoms with van der Waals surface area (Å²) in [4.78, 5) is 29.7. The van der Waals surface area contributed by atoms with E-state index in [0.717, 1.165) is 32.0 Å². The number of thiazole rings is 1. The predicted molar refractivity (Wildman–Crippen MR) is 97.9 cm³/mol. The molecule has 0 radical (unpaired) electrons. The number of hydrogen-bond acceptors (Lipinski definition) is 4. The molecule has 6 heteroatoms. The molecule has 0 saturated carbocycles. The van der Waals surface area contributed by atoms with E-state index < -0.39 is 11.9 Å². The Morgan fingerprint density at radius 2 is 2.08 bits per heavy atom. The van der Waals surface area contributed by atoms with Gasteiger partial charge in [-0.25, -0.2) is 4.98 Å². The fourth-order valence-electron chi connectivity index (χ4n) is 3.13. The van der Waals surface area contributed by atoms with Gasteiger partial charge in [0.1, 0.15) is 5.01 Å². The lowest BCUT2D eigenvalue weighted by molar-refractivity contribution is -0.141. The van der Waals surface area contributed by atoms with Crippen LogP contribution in [-0.2, 0) is 9.59 Å². The van der Waals surface area contributed by atoms with E-state index in [1.165, 1.54) is 0 Å². The average Bonchev–Trinajstić information content (AvgIpc) is 3.19. The summed E-state index contributed by atoms with van der Waals surface area (Å²) in [6.07, 6.45) is 0.0557. The van der Waals surface area contributed by atoms with Crippen LogP contribution in [0.4, 0.5) is 5.69 Å². The lowest BCUT2D eigenvalue weighted by Crippen LogP contribution is -2.26. The first-order chi connectivity index (χ1) is 12.0. The Bertz CT molecular complexity index is 962.